The molecule has 5 heteroatoms. The van der Waals surface area contributed by atoms with Crippen molar-refractivity contribution in [2.24, 2.45) is 0 Å². The Bertz CT molecular complexity index is 388. The fourth-order valence-electron chi connectivity index (χ4n) is 1.22. The highest BCUT2D eigenvalue weighted by molar-refractivity contribution is 5.98. The molecule has 1 aromatic rings. The summed E-state index contributed by atoms with van der Waals surface area (Å²) in [5.74, 6) is 0.573. The quantitative estimate of drug-likeness (QED) is 0.759. The largest absolute Gasteiger partial charge is 0.489 e. The number of carbonyl (C=O) groups excluding carboxylic acids is 1. The summed E-state index contributed by atoms with van der Waals surface area (Å²) in [6.45, 7) is 0. The number of nitrogen functional groups attached to an aromatic ring is 1. The molecule has 1 amide bonds. The van der Waals surface area contributed by atoms with Crippen LogP contribution in [0, 0.1) is 0 Å². The zero-order valence-electron chi connectivity index (χ0n) is 8.49. The van der Waals surface area contributed by atoms with Gasteiger partial charge in [0.25, 0.3) is 5.91 Å². The average molecular weight is 207 g/mol. The molecule has 1 saturated carbocycles. The first kappa shape index (κ1) is 9.76. The molecule has 1 heterocycles. The molecule has 0 radical (unpaired) electrons. The molecule has 5 nitrogen and oxygen atoms in total. The monoisotopic (exact) mass is 207 g/mol. The van der Waals surface area contributed by atoms with Crippen LogP contribution >= 0.6 is 0 Å². The number of ether oxygens (including phenoxy) is 1. The second kappa shape index (κ2) is 3.76. The molecular formula is C10H13N3O2. The number of amides is 1. The van der Waals surface area contributed by atoms with Crippen LogP contribution in [0.3, 0.4) is 0 Å². The topological polar surface area (TPSA) is 77.2 Å². The Morgan fingerprint density at radius 2 is 2.40 bits per heavy atom. The molecule has 1 fully saturated rings. The van der Waals surface area contributed by atoms with E-state index < -0.39 is 0 Å². The third kappa shape index (κ3) is 2.18. The van der Waals surface area contributed by atoms with E-state index in [1.165, 1.54) is 0 Å². The molecule has 1 aliphatic rings. The Morgan fingerprint density at radius 3 is 3.00 bits per heavy atom. The van der Waals surface area contributed by atoms with Crippen LogP contribution in [0.4, 0.5) is 5.82 Å². The van der Waals surface area contributed by atoms with Crippen LogP contribution in [0.5, 0.6) is 5.75 Å². The van der Waals surface area contributed by atoms with Gasteiger partial charge < -0.3 is 15.8 Å². The number of anilines is 1. The van der Waals surface area contributed by atoms with Gasteiger partial charge in [0.15, 0.2) is 0 Å². The number of carbonyl (C=O) groups is 1. The van der Waals surface area contributed by atoms with Crippen LogP contribution in [-0.4, -0.2) is 24.0 Å². The van der Waals surface area contributed by atoms with Gasteiger partial charge in [-0.1, -0.05) is 0 Å². The van der Waals surface area contributed by atoms with Crippen molar-refractivity contribution in [1.29, 1.82) is 0 Å². The molecule has 0 saturated heterocycles. The van der Waals surface area contributed by atoms with Crippen LogP contribution in [0.2, 0.25) is 0 Å². The van der Waals surface area contributed by atoms with Crippen molar-refractivity contribution in [3.05, 3.63) is 17.8 Å². The van der Waals surface area contributed by atoms with Gasteiger partial charge in [-0.25, -0.2) is 4.98 Å². The standard InChI is InChI=1S/C10H13N3O2/c1-12-10(14)8-4-7(5-13-9(8)11)15-6-2-3-6/h4-6H,2-3H2,1H3,(H2,11,13)(H,12,14). The van der Waals surface area contributed by atoms with Gasteiger partial charge in [0.1, 0.15) is 11.6 Å². The first-order valence-electron chi connectivity index (χ1n) is 4.85. The summed E-state index contributed by atoms with van der Waals surface area (Å²) in [6, 6.07) is 1.62. The number of hydrogen-bond acceptors (Lipinski definition) is 4. The summed E-state index contributed by atoms with van der Waals surface area (Å²) in [7, 11) is 1.55. The number of rotatable bonds is 3. The molecule has 2 rings (SSSR count). The van der Waals surface area contributed by atoms with Gasteiger partial charge in [-0.3, -0.25) is 4.79 Å². The molecule has 3 N–H and O–H groups in total. The number of hydrogen-bond donors (Lipinski definition) is 2. The van der Waals surface area contributed by atoms with E-state index in [0.29, 0.717) is 11.3 Å². The zero-order valence-corrected chi connectivity index (χ0v) is 8.49. The highest BCUT2D eigenvalue weighted by Crippen LogP contribution is 2.27. The maximum absolute atomic E-state index is 11.4. The lowest BCUT2D eigenvalue weighted by Crippen LogP contribution is -2.20. The fourth-order valence-corrected chi connectivity index (χ4v) is 1.22. The third-order valence-corrected chi connectivity index (χ3v) is 2.19. The van der Waals surface area contributed by atoms with E-state index in [0.717, 1.165) is 12.8 Å². The Balaban J connectivity index is 2.22. The minimum Gasteiger partial charge on any atom is -0.489 e. The number of nitrogens with zero attached hydrogens (tertiary/aromatic N) is 1. The molecule has 0 aliphatic heterocycles. The van der Waals surface area contributed by atoms with Gasteiger partial charge in [-0.2, -0.15) is 0 Å². The van der Waals surface area contributed by atoms with Gasteiger partial charge in [-0.05, 0) is 18.9 Å². The van der Waals surface area contributed by atoms with E-state index >= 15 is 0 Å². The van der Waals surface area contributed by atoms with Crippen molar-refractivity contribution in [2.45, 2.75) is 18.9 Å². The van der Waals surface area contributed by atoms with E-state index in [1.807, 2.05) is 0 Å². The molecule has 80 valence electrons. The first-order valence-corrected chi connectivity index (χ1v) is 4.85. The Labute approximate surface area is 87.6 Å². The Morgan fingerprint density at radius 1 is 1.67 bits per heavy atom. The summed E-state index contributed by atoms with van der Waals surface area (Å²) >= 11 is 0. The van der Waals surface area contributed by atoms with Crippen molar-refractivity contribution in [3.8, 4) is 5.75 Å². The van der Waals surface area contributed by atoms with Gasteiger partial charge >= 0.3 is 0 Å². The molecule has 0 aromatic carbocycles. The highest BCUT2D eigenvalue weighted by Gasteiger charge is 2.24. The summed E-state index contributed by atoms with van der Waals surface area (Å²) in [4.78, 5) is 15.3. The molecule has 0 unspecified atom stereocenters. The predicted molar refractivity (Wildman–Crippen MR) is 55.7 cm³/mol. The van der Waals surface area contributed by atoms with Gasteiger partial charge in [0.2, 0.25) is 0 Å². The zero-order chi connectivity index (χ0) is 10.8. The fraction of sp³-hybridized carbons (Fsp3) is 0.400. The SMILES string of the molecule is CNC(=O)c1cc(OC2CC2)cnc1N. The van der Waals surface area contributed by atoms with Gasteiger partial charge in [0.05, 0.1) is 17.9 Å². The lowest BCUT2D eigenvalue weighted by molar-refractivity contribution is 0.0963. The van der Waals surface area contributed by atoms with Crippen molar-refractivity contribution < 1.29 is 9.53 Å². The van der Waals surface area contributed by atoms with E-state index in [4.69, 9.17) is 10.5 Å². The minimum absolute atomic E-state index is 0.220. The van der Waals surface area contributed by atoms with Gasteiger partial charge in [0, 0.05) is 7.05 Å². The number of pyridine rings is 1. The second-order valence-corrected chi connectivity index (χ2v) is 3.50. The maximum Gasteiger partial charge on any atom is 0.254 e. The smallest absolute Gasteiger partial charge is 0.254 e. The molecular weight excluding hydrogens is 194 g/mol. The summed E-state index contributed by atoms with van der Waals surface area (Å²) in [5, 5.41) is 2.50. The number of aromatic nitrogens is 1. The summed E-state index contributed by atoms with van der Waals surface area (Å²) < 4.78 is 5.52. The second-order valence-electron chi connectivity index (χ2n) is 3.50. The summed E-state index contributed by atoms with van der Waals surface area (Å²) in [6.07, 6.45) is 3.97. The Hall–Kier alpha value is -1.78. The normalized spacial score (nSPS) is 14.7. The van der Waals surface area contributed by atoms with Crippen LogP contribution in [0.1, 0.15) is 23.2 Å². The highest BCUT2D eigenvalue weighted by atomic mass is 16.5. The minimum atomic E-state index is -0.249. The van der Waals surface area contributed by atoms with E-state index in [2.05, 4.69) is 10.3 Å². The van der Waals surface area contributed by atoms with Crippen LogP contribution < -0.4 is 15.8 Å². The van der Waals surface area contributed by atoms with Crippen molar-refractivity contribution in [2.75, 3.05) is 12.8 Å². The summed E-state index contributed by atoms with van der Waals surface area (Å²) in [5.41, 5.74) is 5.94. The third-order valence-electron chi connectivity index (χ3n) is 2.19. The van der Waals surface area contributed by atoms with E-state index in [-0.39, 0.29) is 17.8 Å². The molecule has 0 bridgehead atoms. The van der Waals surface area contributed by atoms with Crippen molar-refractivity contribution in [1.82, 2.24) is 10.3 Å². The van der Waals surface area contributed by atoms with Crippen LogP contribution in [0.15, 0.2) is 12.3 Å². The van der Waals surface area contributed by atoms with Crippen LogP contribution in [-0.2, 0) is 0 Å². The molecule has 1 aliphatic carbocycles. The van der Waals surface area contributed by atoms with Crippen molar-refractivity contribution >= 4 is 11.7 Å². The lowest BCUT2D eigenvalue weighted by Gasteiger charge is -2.07. The lowest BCUT2D eigenvalue weighted by atomic mass is 10.2. The molecule has 0 atom stereocenters. The Kier molecular flexibility index (Phi) is 2.45. The van der Waals surface area contributed by atoms with E-state index in [1.54, 1.807) is 19.3 Å². The molecule has 0 spiro atoms. The van der Waals surface area contributed by atoms with Crippen molar-refractivity contribution in [3.63, 3.8) is 0 Å². The van der Waals surface area contributed by atoms with Gasteiger partial charge in [-0.15, -0.1) is 0 Å². The number of nitrogens with one attached hydrogen (secondary N) is 1. The average Bonchev–Trinajstić information content (AvgIpc) is 3.04. The molecule has 1 aromatic heterocycles. The predicted octanol–water partition coefficient (Wildman–Crippen LogP) is 0.565. The first-order chi connectivity index (χ1) is 7.20. The molecule has 15 heavy (non-hydrogen) atoms. The number of nitrogens with two attached hydrogens (primary N) is 1. The maximum atomic E-state index is 11.4. The van der Waals surface area contributed by atoms with E-state index in [9.17, 15) is 4.79 Å². The van der Waals surface area contributed by atoms with Crippen LogP contribution in [0.25, 0.3) is 0 Å².